The molecule has 2 N–H and O–H groups in total. The minimum atomic E-state index is -0.443. The average Bonchev–Trinajstić information content (AvgIpc) is 2.46. The van der Waals surface area contributed by atoms with Crippen LogP contribution in [0.3, 0.4) is 0 Å². The van der Waals surface area contributed by atoms with Crippen molar-refractivity contribution in [2.24, 2.45) is 5.73 Å². The molecule has 0 bridgehead atoms. The summed E-state index contributed by atoms with van der Waals surface area (Å²) in [5, 5.41) is 0. The van der Waals surface area contributed by atoms with E-state index in [0.717, 1.165) is 12.0 Å². The lowest BCUT2D eigenvalue weighted by Crippen LogP contribution is -2.41. The molecule has 0 aromatic heterocycles. The molecule has 0 radical (unpaired) electrons. The van der Waals surface area contributed by atoms with E-state index >= 15 is 0 Å². The van der Waals surface area contributed by atoms with Crippen molar-refractivity contribution in [3.63, 3.8) is 0 Å². The first kappa shape index (κ1) is 16.3. The molecule has 5 nitrogen and oxygen atoms in total. The van der Waals surface area contributed by atoms with Gasteiger partial charge in [0.2, 0.25) is 5.91 Å². The fraction of sp³-hybridized carbons (Fsp3) is 0.533. The number of hydrogen-bond donors (Lipinski definition) is 1. The van der Waals surface area contributed by atoms with Gasteiger partial charge in [-0.25, -0.2) is 0 Å². The van der Waals surface area contributed by atoms with Crippen LogP contribution >= 0.6 is 0 Å². The predicted molar refractivity (Wildman–Crippen MR) is 78.9 cm³/mol. The smallest absolute Gasteiger partial charge is 0.239 e. The molecular weight excluding hydrogens is 256 g/mol. The number of amides is 1. The summed E-state index contributed by atoms with van der Waals surface area (Å²) < 4.78 is 10.6. The Balaban J connectivity index is 2.85. The lowest BCUT2D eigenvalue weighted by Gasteiger charge is -2.22. The summed E-state index contributed by atoms with van der Waals surface area (Å²) in [5.74, 6) is 1.25. The zero-order chi connectivity index (χ0) is 15.1. The molecule has 112 valence electrons. The molecule has 1 amide bonds. The Hall–Kier alpha value is -1.75. The molecule has 0 aliphatic heterocycles. The second-order valence-corrected chi connectivity index (χ2v) is 4.74. The Morgan fingerprint density at radius 3 is 2.60 bits per heavy atom. The van der Waals surface area contributed by atoms with E-state index in [0.29, 0.717) is 24.5 Å². The van der Waals surface area contributed by atoms with E-state index in [1.165, 1.54) is 0 Å². The molecule has 0 spiro atoms. The summed E-state index contributed by atoms with van der Waals surface area (Å²) in [6.45, 7) is 2.45. The van der Waals surface area contributed by atoms with E-state index in [4.69, 9.17) is 15.2 Å². The number of carbonyl (C=O) groups is 1. The van der Waals surface area contributed by atoms with Gasteiger partial charge in [-0.05, 0) is 12.5 Å². The van der Waals surface area contributed by atoms with Crippen LogP contribution in [0.5, 0.6) is 11.5 Å². The number of para-hydroxylation sites is 1. The molecule has 0 aliphatic rings. The summed E-state index contributed by atoms with van der Waals surface area (Å²) >= 11 is 0. The van der Waals surface area contributed by atoms with E-state index in [1.807, 2.05) is 25.1 Å². The van der Waals surface area contributed by atoms with E-state index in [2.05, 4.69) is 0 Å². The van der Waals surface area contributed by atoms with Crippen LogP contribution in [-0.4, -0.2) is 38.1 Å². The SMILES string of the molecule is CCC[C@H](N)C(=O)N(C)Cc1cccc(OC)c1OC. The molecule has 0 aliphatic carbocycles. The molecule has 5 heteroatoms. The highest BCUT2D eigenvalue weighted by molar-refractivity contribution is 5.81. The molecule has 0 fully saturated rings. The van der Waals surface area contributed by atoms with Crippen molar-refractivity contribution in [3.05, 3.63) is 23.8 Å². The zero-order valence-electron chi connectivity index (χ0n) is 12.7. The van der Waals surface area contributed by atoms with Crippen LogP contribution in [0.15, 0.2) is 18.2 Å². The highest BCUT2D eigenvalue weighted by Crippen LogP contribution is 2.31. The summed E-state index contributed by atoms with van der Waals surface area (Å²) in [7, 11) is 4.93. The maximum Gasteiger partial charge on any atom is 0.239 e. The molecule has 20 heavy (non-hydrogen) atoms. The van der Waals surface area contributed by atoms with E-state index < -0.39 is 6.04 Å². The van der Waals surface area contributed by atoms with Crippen molar-refractivity contribution in [1.29, 1.82) is 0 Å². The second kappa shape index (κ2) is 7.75. The fourth-order valence-corrected chi connectivity index (χ4v) is 2.13. The van der Waals surface area contributed by atoms with Crippen molar-refractivity contribution in [3.8, 4) is 11.5 Å². The van der Waals surface area contributed by atoms with Gasteiger partial charge < -0.3 is 20.1 Å². The number of carbonyl (C=O) groups excluding carboxylic acids is 1. The molecule has 1 aromatic carbocycles. The third kappa shape index (κ3) is 3.87. The van der Waals surface area contributed by atoms with Crippen molar-refractivity contribution >= 4 is 5.91 Å². The summed E-state index contributed by atoms with van der Waals surface area (Å²) in [6, 6.07) is 5.17. The number of likely N-dealkylation sites (N-methyl/N-ethyl adjacent to an activating group) is 1. The molecule has 1 rings (SSSR count). The third-order valence-corrected chi connectivity index (χ3v) is 3.19. The largest absolute Gasteiger partial charge is 0.493 e. The highest BCUT2D eigenvalue weighted by atomic mass is 16.5. The predicted octanol–water partition coefficient (Wildman–Crippen LogP) is 1.79. The number of benzene rings is 1. The minimum absolute atomic E-state index is 0.0586. The van der Waals surface area contributed by atoms with Crippen molar-refractivity contribution < 1.29 is 14.3 Å². The first-order valence-corrected chi connectivity index (χ1v) is 6.75. The number of ether oxygens (including phenoxy) is 2. The van der Waals surface area contributed by atoms with Crippen LogP contribution in [0.4, 0.5) is 0 Å². The number of methoxy groups -OCH3 is 2. The van der Waals surface area contributed by atoms with Crippen LogP contribution in [0.25, 0.3) is 0 Å². The number of nitrogens with two attached hydrogens (primary N) is 1. The van der Waals surface area contributed by atoms with Gasteiger partial charge in [-0.3, -0.25) is 4.79 Å². The van der Waals surface area contributed by atoms with E-state index in [-0.39, 0.29) is 5.91 Å². The number of nitrogens with zero attached hydrogens (tertiary/aromatic N) is 1. The first-order chi connectivity index (χ1) is 9.54. The quantitative estimate of drug-likeness (QED) is 0.827. The first-order valence-electron chi connectivity index (χ1n) is 6.75. The zero-order valence-corrected chi connectivity index (χ0v) is 12.7. The van der Waals surface area contributed by atoms with Crippen molar-refractivity contribution in [2.75, 3.05) is 21.3 Å². The Morgan fingerprint density at radius 2 is 2.05 bits per heavy atom. The summed E-state index contributed by atoms with van der Waals surface area (Å²) in [6.07, 6.45) is 1.58. The molecule has 1 aromatic rings. The van der Waals surface area contributed by atoms with Gasteiger partial charge in [0, 0.05) is 19.2 Å². The van der Waals surface area contributed by atoms with Gasteiger partial charge >= 0.3 is 0 Å². The van der Waals surface area contributed by atoms with E-state index in [1.54, 1.807) is 26.2 Å². The van der Waals surface area contributed by atoms with Gasteiger partial charge in [0.05, 0.1) is 20.3 Å². The fourth-order valence-electron chi connectivity index (χ4n) is 2.13. The summed E-state index contributed by atoms with van der Waals surface area (Å²) in [5.41, 5.74) is 6.76. The molecule has 0 unspecified atom stereocenters. The maximum absolute atomic E-state index is 12.1. The van der Waals surface area contributed by atoms with Gasteiger partial charge in [-0.1, -0.05) is 25.5 Å². The Morgan fingerprint density at radius 1 is 1.35 bits per heavy atom. The van der Waals surface area contributed by atoms with Crippen molar-refractivity contribution in [2.45, 2.75) is 32.4 Å². The molecule has 0 saturated heterocycles. The lowest BCUT2D eigenvalue weighted by molar-refractivity contribution is -0.132. The molecule has 1 atom stereocenters. The van der Waals surface area contributed by atoms with Crippen molar-refractivity contribution in [1.82, 2.24) is 4.90 Å². The van der Waals surface area contributed by atoms with Crippen LogP contribution in [-0.2, 0) is 11.3 Å². The molecule has 0 heterocycles. The van der Waals surface area contributed by atoms with Crippen LogP contribution in [0.2, 0.25) is 0 Å². The van der Waals surface area contributed by atoms with Crippen LogP contribution in [0.1, 0.15) is 25.3 Å². The van der Waals surface area contributed by atoms with E-state index in [9.17, 15) is 4.79 Å². The lowest BCUT2D eigenvalue weighted by atomic mass is 10.1. The van der Waals surface area contributed by atoms with Crippen LogP contribution < -0.4 is 15.2 Å². The Bertz CT molecular complexity index is 449. The summed E-state index contributed by atoms with van der Waals surface area (Å²) in [4.78, 5) is 13.7. The van der Waals surface area contributed by atoms with Gasteiger partial charge in [0.15, 0.2) is 11.5 Å². The number of rotatable bonds is 7. The normalized spacial score (nSPS) is 11.8. The van der Waals surface area contributed by atoms with Gasteiger partial charge in [0.25, 0.3) is 0 Å². The number of hydrogen-bond acceptors (Lipinski definition) is 4. The highest BCUT2D eigenvalue weighted by Gasteiger charge is 2.19. The maximum atomic E-state index is 12.1. The average molecular weight is 280 g/mol. The molecule has 0 saturated carbocycles. The monoisotopic (exact) mass is 280 g/mol. The molecular formula is C15H24N2O3. The Labute approximate surface area is 120 Å². The Kier molecular flexibility index (Phi) is 6.31. The van der Waals surface area contributed by atoms with Crippen LogP contribution in [0, 0.1) is 0 Å². The van der Waals surface area contributed by atoms with Gasteiger partial charge in [-0.2, -0.15) is 0 Å². The topological polar surface area (TPSA) is 64.8 Å². The van der Waals surface area contributed by atoms with Gasteiger partial charge in [-0.15, -0.1) is 0 Å². The second-order valence-electron chi connectivity index (χ2n) is 4.74. The van der Waals surface area contributed by atoms with Gasteiger partial charge in [0.1, 0.15) is 0 Å². The standard InChI is InChI=1S/C15H24N2O3/c1-5-7-12(16)15(18)17(2)10-11-8-6-9-13(19-3)14(11)20-4/h6,8-9,12H,5,7,10,16H2,1-4H3/t12-/m0/s1. The third-order valence-electron chi connectivity index (χ3n) is 3.19. The minimum Gasteiger partial charge on any atom is -0.493 e.